The van der Waals surface area contributed by atoms with Crippen LogP contribution in [0.25, 0.3) is 11.3 Å². The van der Waals surface area contributed by atoms with Crippen molar-refractivity contribution in [3.63, 3.8) is 0 Å². The molecule has 164 valence electrons. The van der Waals surface area contributed by atoms with E-state index < -0.39 is 0 Å². The van der Waals surface area contributed by atoms with Crippen LogP contribution in [0.3, 0.4) is 0 Å². The number of anilines is 2. The van der Waals surface area contributed by atoms with Crippen LogP contribution >= 0.6 is 0 Å². The van der Waals surface area contributed by atoms with Gasteiger partial charge in [-0.3, -0.25) is 9.78 Å². The molecule has 1 aliphatic carbocycles. The Kier molecular flexibility index (Phi) is 5.79. The SMILES string of the molecule is O=C(C1CCCC1)N1CC[C@H](c2nc(Nc3cccc(F)c3)cc(-c3ccncc3)n2)C1. The van der Waals surface area contributed by atoms with Crippen LogP contribution in [0.4, 0.5) is 15.9 Å². The summed E-state index contributed by atoms with van der Waals surface area (Å²) in [4.78, 5) is 28.6. The van der Waals surface area contributed by atoms with Gasteiger partial charge in [0, 0.05) is 54.6 Å². The topological polar surface area (TPSA) is 71.0 Å². The molecule has 7 heteroatoms. The van der Waals surface area contributed by atoms with Gasteiger partial charge in [-0.25, -0.2) is 14.4 Å². The number of carbonyl (C=O) groups is 1. The number of aromatic nitrogens is 3. The lowest BCUT2D eigenvalue weighted by Crippen LogP contribution is -2.33. The van der Waals surface area contributed by atoms with E-state index in [1.54, 1.807) is 24.5 Å². The fraction of sp³-hybridized carbons (Fsp3) is 0.360. The molecule has 3 aromatic rings. The van der Waals surface area contributed by atoms with Gasteiger partial charge in [-0.05, 0) is 49.6 Å². The normalized spacial score (nSPS) is 18.8. The minimum absolute atomic E-state index is 0.0789. The van der Waals surface area contributed by atoms with E-state index in [9.17, 15) is 9.18 Å². The van der Waals surface area contributed by atoms with E-state index in [2.05, 4.69) is 10.3 Å². The molecule has 6 nitrogen and oxygen atoms in total. The number of amides is 1. The minimum atomic E-state index is -0.310. The molecule has 1 aliphatic heterocycles. The van der Waals surface area contributed by atoms with Gasteiger partial charge < -0.3 is 10.2 Å². The van der Waals surface area contributed by atoms with Crippen LogP contribution in [0.1, 0.15) is 43.8 Å². The summed E-state index contributed by atoms with van der Waals surface area (Å²) < 4.78 is 13.7. The lowest BCUT2D eigenvalue weighted by atomic mass is 10.1. The Labute approximate surface area is 186 Å². The molecule has 0 unspecified atom stereocenters. The lowest BCUT2D eigenvalue weighted by Gasteiger charge is -2.20. The third-order valence-electron chi connectivity index (χ3n) is 6.39. The van der Waals surface area contributed by atoms with E-state index >= 15 is 0 Å². The van der Waals surface area contributed by atoms with E-state index in [4.69, 9.17) is 9.97 Å². The van der Waals surface area contributed by atoms with Crippen LogP contribution in [0.5, 0.6) is 0 Å². The highest BCUT2D eigenvalue weighted by Gasteiger charge is 2.34. The number of pyridine rings is 1. The number of rotatable bonds is 5. The van der Waals surface area contributed by atoms with Gasteiger partial charge in [-0.2, -0.15) is 0 Å². The molecule has 0 bridgehead atoms. The third kappa shape index (κ3) is 4.47. The van der Waals surface area contributed by atoms with Crippen LogP contribution in [-0.4, -0.2) is 38.8 Å². The highest BCUT2D eigenvalue weighted by molar-refractivity contribution is 5.79. The van der Waals surface area contributed by atoms with E-state index in [1.807, 2.05) is 23.1 Å². The minimum Gasteiger partial charge on any atom is -0.342 e. The Morgan fingerprint density at radius 2 is 1.84 bits per heavy atom. The predicted octanol–water partition coefficient (Wildman–Crippen LogP) is 4.93. The number of benzene rings is 1. The zero-order valence-electron chi connectivity index (χ0n) is 17.9. The van der Waals surface area contributed by atoms with Crippen molar-refractivity contribution in [1.29, 1.82) is 0 Å². The highest BCUT2D eigenvalue weighted by atomic mass is 19.1. The van der Waals surface area contributed by atoms with Crippen molar-refractivity contribution in [2.75, 3.05) is 18.4 Å². The zero-order valence-corrected chi connectivity index (χ0v) is 17.9. The molecule has 1 saturated heterocycles. The number of hydrogen-bond donors (Lipinski definition) is 1. The fourth-order valence-electron chi connectivity index (χ4n) is 4.70. The second-order valence-electron chi connectivity index (χ2n) is 8.62. The molecule has 1 amide bonds. The standard InChI is InChI=1S/C25H26FN5O/c26-20-6-3-7-21(14-20)28-23-15-22(17-8-11-27-12-9-17)29-24(30-23)19-10-13-31(16-19)25(32)18-4-1-2-5-18/h3,6-9,11-12,14-15,18-19H,1-2,4-5,10,13,16H2,(H,28,29,30)/t19-/m0/s1. The Morgan fingerprint density at radius 3 is 2.62 bits per heavy atom. The number of nitrogens with zero attached hydrogens (tertiary/aromatic N) is 4. The van der Waals surface area contributed by atoms with E-state index in [0.29, 0.717) is 23.9 Å². The number of likely N-dealkylation sites (tertiary alicyclic amines) is 1. The molecular weight excluding hydrogens is 405 g/mol. The molecule has 32 heavy (non-hydrogen) atoms. The largest absolute Gasteiger partial charge is 0.342 e. The van der Waals surface area contributed by atoms with Crippen LogP contribution < -0.4 is 5.32 Å². The maximum Gasteiger partial charge on any atom is 0.225 e. The summed E-state index contributed by atoms with van der Waals surface area (Å²) in [6.07, 6.45) is 8.63. The van der Waals surface area contributed by atoms with Gasteiger partial charge in [0.2, 0.25) is 5.91 Å². The van der Waals surface area contributed by atoms with Crippen LogP contribution in [0.15, 0.2) is 54.9 Å². The maximum atomic E-state index is 13.7. The van der Waals surface area contributed by atoms with E-state index in [-0.39, 0.29) is 23.6 Å². The molecule has 1 aromatic carbocycles. The second-order valence-corrected chi connectivity index (χ2v) is 8.62. The van der Waals surface area contributed by atoms with Gasteiger partial charge >= 0.3 is 0 Å². The third-order valence-corrected chi connectivity index (χ3v) is 6.39. The molecule has 5 rings (SSSR count). The van der Waals surface area contributed by atoms with Crippen molar-refractivity contribution >= 4 is 17.4 Å². The first-order valence-corrected chi connectivity index (χ1v) is 11.3. The number of carbonyl (C=O) groups excluding carboxylic acids is 1. The van der Waals surface area contributed by atoms with Gasteiger partial charge in [0.15, 0.2) is 0 Å². The molecule has 2 fully saturated rings. The molecular formula is C25H26FN5O. The first-order valence-electron chi connectivity index (χ1n) is 11.3. The summed E-state index contributed by atoms with van der Waals surface area (Å²) in [6.45, 7) is 1.39. The summed E-state index contributed by atoms with van der Waals surface area (Å²) in [7, 11) is 0. The predicted molar refractivity (Wildman–Crippen MR) is 121 cm³/mol. The van der Waals surface area contributed by atoms with Crippen molar-refractivity contribution in [3.8, 4) is 11.3 Å². The molecule has 1 N–H and O–H groups in total. The highest BCUT2D eigenvalue weighted by Crippen LogP contribution is 2.33. The van der Waals surface area contributed by atoms with Gasteiger partial charge in [-0.1, -0.05) is 18.9 Å². The van der Waals surface area contributed by atoms with Crippen molar-refractivity contribution in [2.24, 2.45) is 5.92 Å². The molecule has 0 radical (unpaired) electrons. The second kappa shape index (κ2) is 9.02. The van der Waals surface area contributed by atoms with Crippen molar-refractivity contribution in [2.45, 2.75) is 38.0 Å². The van der Waals surface area contributed by atoms with Crippen LogP contribution in [0.2, 0.25) is 0 Å². The van der Waals surface area contributed by atoms with Gasteiger partial charge in [0.25, 0.3) is 0 Å². The lowest BCUT2D eigenvalue weighted by molar-refractivity contribution is -0.134. The van der Waals surface area contributed by atoms with Gasteiger partial charge in [0.1, 0.15) is 17.5 Å². The van der Waals surface area contributed by atoms with E-state index in [1.165, 1.54) is 12.1 Å². The Morgan fingerprint density at radius 1 is 1.03 bits per heavy atom. The average Bonchev–Trinajstić information content (AvgIpc) is 3.52. The van der Waals surface area contributed by atoms with Crippen LogP contribution in [0, 0.1) is 11.7 Å². The Bertz CT molecular complexity index is 1100. The van der Waals surface area contributed by atoms with Crippen molar-refractivity contribution < 1.29 is 9.18 Å². The Balaban J connectivity index is 1.42. The summed E-state index contributed by atoms with van der Waals surface area (Å²) in [6, 6.07) is 12.0. The van der Waals surface area contributed by atoms with Crippen molar-refractivity contribution in [1.82, 2.24) is 19.9 Å². The fourth-order valence-corrected chi connectivity index (χ4v) is 4.70. The van der Waals surface area contributed by atoms with Crippen molar-refractivity contribution in [3.05, 3.63) is 66.5 Å². The zero-order chi connectivity index (χ0) is 21.9. The summed E-state index contributed by atoms with van der Waals surface area (Å²) >= 11 is 0. The first-order chi connectivity index (χ1) is 15.7. The first kappa shape index (κ1) is 20.5. The number of halogens is 1. The Hall–Kier alpha value is -3.35. The number of nitrogens with one attached hydrogen (secondary N) is 1. The quantitative estimate of drug-likeness (QED) is 0.620. The van der Waals surface area contributed by atoms with Gasteiger partial charge in [0.05, 0.1) is 5.69 Å². The smallest absolute Gasteiger partial charge is 0.225 e. The maximum absolute atomic E-state index is 13.7. The molecule has 1 saturated carbocycles. The summed E-state index contributed by atoms with van der Waals surface area (Å²) in [5, 5.41) is 3.21. The molecule has 2 aliphatic rings. The monoisotopic (exact) mass is 431 g/mol. The van der Waals surface area contributed by atoms with Gasteiger partial charge in [-0.15, -0.1) is 0 Å². The molecule has 1 atom stereocenters. The number of hydrogen-bond acceptors (Lipinski definition) is 5. The van der Waals surface area contributed by atoms with E-state index in [0.717, 1.165) is 49.9 Å². The van der Waals surface area contributed by atoms with Crippen LogP contribution in [-0.2, 0) is 4.79 Å². The molecule has 3 heterocycles. The average molecular weight is 432 g/mol. The summed E-state index contributed by atoms with van der Waals surface area (Å²) in [5.74, 6) is 1.55. The molecule has 0 spiro atoms. The summed E-state index contributed by atoms with van der Waals surface area (Å²) in [5.41, 5.74) is 2.33. The molecule has 2 aromatic heterocycles.